The molecule has 46 heavy (non-hydrogen) atoms. The van der Waals surface area contributed by atoms with Crippen LogP contribution in [0.5, 0.6) is 0 Å². The van der Waals surface area contributed by atoms with Gasteiger partial charge in [-0.25, -0.2) is 0 Å². The van der Waals surface area contributed by atoms with E-state index in [2.05, 4.69) is 195 Å². The second-order valence-electron chi connectivity index (χ2n) is 10.0. The topological polar surface area (TPSA) is 112 Å². The summed E-state index contributed by atoms with van der Waals surface area (Å²) in [7, 11) is -2.47. The third-order valence-electron chi connectivity index (χ3n) is 6.39. The van der Waals surface area contributed by atoms with Crippen LogP contribution in [0.25, 0.3) is 0 Å². The summed E-state index contributed by atoms with van der Waals surface area (Å²) in [6.07, 6.45) is 10.8. The first-order chi connectivity index (χ1) is 22.5. The van der Waals surface area contributed by atoms with Crippen LogP contribution >= 0.6 is 0 Å². The molecule has 7 nitrogen and oxygen atoms in total. The van der Waals surface area contributed by atoms with E-state index in [1.54, 1.807) is 0 Å². The van der Waals surface area contributed by atoms with Crippen molar-refractivity contribution in [2.75, 3.05) is 13.2 Å². The van der Waals surface area contributed by atoms with Crippen LogP contribution in [0.3, 0.4) is 0 Å². The molecule has 3 aromatic rings. The second kappa shape index (κ2) is 31.4. The van der Waals surface area contributed by atoms with Crippen molar-refractivity contribution in [2.45, 2.75) is 45.2 Å². The zero-order valence-electron chi connectivity index (χ0n) is 26.4. The zero-order valence-corrected chi connectivity index (χ0v) is 28.7. The van der Waals surface area contributed by atoms with Gasteiger partial charge in [0.1, 0.15) is 0 Å². The molecule has 9 heteroatoms. The first-order valence-electron chi connectivity index (χ1n) is 13.8. The Labute approximate surface area is 283 Å². The molecule has 3 rings (SSSR count). The standard InChI is InChI=1S/C32H39NOSi.5CO.Cr/c1-32(2,3)35(30-22-14-10-15-23-30,31-24-16-11-17-25-31)34-27-19-8-6-5-7-18-26-33(4)28-29-20-12-9-13-21-29;5*1-2;/h4-6,8-17,19-25H,7,18,26-28H2,1-3H3;;;;;;/b6-5+,19-8+;;;;;;. The summed E-state index contributed by atoms with van der Waals surface area (Å²) in [6, 6.07) is 32.2. The number of benzene rings is 3. The third-order valence-corrected chi connectivity index (χ3v) is 11.9. The Morgan fingerprint density at radius 2 is 1.09 bits per heavy atom. The quantitative estimate of drug-likeness (QED) is 0.0721. The molecule has 238 valence electrons. The van der Waals surface area contributed by atoms with Gasteiger partial charge in [0.15, 0.2) is 0 Å². The summed E-state index contributed by atoms with van der Waals surface area (Å²) in [5.74, 6) is 0. The molecule has 0 bridgehead atoms. The first-order valence-corrected chi connectivity index (χ1v) is 16.4. The van der Waals surface area contributed by atoms with Gasteiger partial charge in [-0.2, -0.15) is 0 Å². The molecule has 0 fully saturated rings. The fraction of sp³-hybridized carbons (Fsp3) is 0.243. The second-order valence-corrected chi connectivity index (χ2v) is 14.7. The average Bonchev–Trinajstić information content (AvgIpc) is 3.13. The predicted molar refractivity (Wildman–Crippen MR) is 174 cm³/mol. The van der Waals surface area contributed by atoms with Crippen LogP contribution in [0.4, 0.5) is 0 Å². The molecular formula is C37H39CrNO6Si. The fourth-order valence-corrected chi connectivity index (χ4v) is 9.43. The van der Waals surface area contributed by atoms with Gasteiger partial charge in [-0.3, -0.25) is 0 Å². The number of hydrogen-bond donors (Lipinski definition) is 0. The van der Waals surface area contributed by atoms with Gasteiger partial charge in [0.05, 0.1) is 0 Å². The number of hydrogen-bond acceptors (Lipinski definition) is 2. The van der Waals surface area contributed by atoms with Crippen molar-refractivity contribution in [3.8, 4) is 0 Å². The molecule has 0 aliphatic heterocycles. The summed E-state index contributed by atoms with van der Waals surface area (Å²) >= 11 is 3.05. The number of unbranched alkanes of at least 4 members (excludes halogenated alkanes) is 1. The SMILES string of the molecule is CC(C)(C)[Si](OC/C=C/C=C/CCCN([CH]=[Cr])Cc1ccccc1)(c1ccccc1)c1ccccc1.[C-]#[O+].[C-]#[O+].[C-]#[O+].[C-]#[O+].[C-]#[O+]. The van der Waals surface area contributed by atoms with Gasteiger partial charge in [-0.05, 0) is 15.4 Å². The molecule has 0 aliphatic rings. The first kappa shape index (κ1) is 46.8. The summed E-state index contributed by atoms with van der Waals surface area (Å²) in [6.45, 7) is 32.0. The van der Waals surface area contributed by atoms with Crippen LogP contribution in [0.1, 0.15) is 39.2 Å². The molecule has 0 N–H and O–H groups in total. The summed E-state index contributed by atoms with van der Waals surface area (Å²) in [5, 5.41) is 4.70. The molecule has 0 spiro atoms. The van der Waals surface area contributed by atoms with Crippen molar-refractivity contribution in [2.24, 2.45) is 0 Å². The summed E-state index contributed by atoms with van der Waals surface area (Å²) < 4.78 is 44.4. The maximum absolute atomic E-state index is 7.50. The van der Waals surface area contributed by atoms with Gasteiger partial charge in [0.25, 0.3) is 0 Å². The Balaban J connectivity index is -0.00000168. The van der Waals surface area contributed by atoms with E-state index in [1.165, 1.54) is 15.9 Å². The van der Waals surface area contributed by atoms with Gasteiger partial charge in [-0.15, -0.1) is 0 Å². The van der Waals surface area contributed by atoms with Crippen molar-refractivity contribution in [1.82, 2.24) is 4.90 Å². The molecule has 3 aromatic carbocycles. The maximum atomic E-state index is 7.50. The van der Waals surface area contributed by atoms with Gasteiger partial charge in [0, 0.05) is 0 Å². The molecule has 0 amide bonds. The van der Waals surface area contributed by atoms with E-state index in [9.17, 15) is 0 Å². The molecular weight excluding hydrogens is 634 g/mol. The molecule has 0 aromatic heterocycles. The van der Waals surface area contributed by atoms with Crippen LogP contribution in [0.15, 0.2) is 115 Å². The van der Waals surface area contributed by atoms with Gasteiger partial charge >= 0.3 is 188 Å². The molecule has 0 saturated heterocycles. The molecule has 0 unspecified atom stereocenters. The fourth-order valence-electron chi connectivity index (χ4n) is 4.64. The van der Waals surface area contributed by atoms with Crippen LogP contribution in [-0.4, -0.2) is 31.4 Å². The Morgan fingerprint density at radius 1 is 0.674 bits per heavy atom. The van der Waals surface area contributed by atoms with E-state index in [-0.39, 0.29) is 5.04 Å². The minimum atomic E-state index is -2.47. The molecule has 0 radical (unpaired) electrons. The van der Waals surface area contributed by atoms with Crippen LogP contribution in [0.2, 0.25) is 5.04 Å². The Bertz CT molecular complexity index is 1250. The van der Waals surface area contributed by atoms with Crippen LogP contribution in [-0.2, 0) is 50.1 Å². The summed E-state index contributed by atoms with van der Waals surface area (Å²) in [5.41, 5.74) is 1.34. The average molecular weight is 674 g/mol. The predicted octanol–water partition coefficient (Wildman–Crippen LogP) is 6.08. The van der Waals surface area contributed by atoms with E-state index in [0.717, 1.165) is 25.9 Å². The number of rotatable bonds is 13. The van der Waals surface area contributed by atoms with Crippen molar-refractivity contribution in [3.05, 3.63) is 154 Å². The molecule has 0 atom stereocenters. The van der Waals surface area contributed by atoms with E-state index in [4.69, 9.17) is 27.7 Å². The monoisotopic (exact) mass is 673 g/mol. The molecule has 0 saturated carbocycles. The van der Waals surface area contributed by atoms with Crippen molar-refractivity contribution >= 4 is 23.7 Å². The Kier molecular flexibility index (Phi) is 31.9. The van der Waals surface area contributed by atoms with Crippen molar-refractivity contribution < 1.29 is 43.5 Å². The van der Waals surface area contributed by atoms with Crippen LogP contribution in [0, 0.1) is 33.3 Å². The normalized spacial score (nSPS) is 10.0. The van der Waals surface area contributed by atoms with E-state index in [0.29, 0.717) is 6.61 Å². The Morgan fingerprint density at radius 3 is 1.50 bits per heavy atom. The van der Waals surface area contributed by atoms with Gasteiger partial charge < -0.3 is 0 Å². The number of allylic oxidation sites excluding steroid dienone is 3. The summed E-state index contributed by atoms with van der Waals surface area (Å²) in [4.78, 5) is 2.33. The number of nitrogens with zero attached hydrogens (tertiary/aromatic N) is 1. The Hall–Kier alpha value is -3.62. The minimum absolute atomic E-state index is 0.00126. The third kappa shape index (κ3) is 17.2. The zero-order chi connectivity index (χ0) is 35.7. The van der Waals surface area contributed by atoms with E-state index in [1.807, 2.05) is 0 Å². The van der Waals surface area contributed by atoms with Crippen LogP contribution < -0.4 is 10.4 Å². The van der Waals surface area contributed by atoms with E-state index >= 15 is 0 Å². The van der Waals surface area contributed by atoms with Crippen molar-refractivity contribution in [1.29, 1.82) is 0 Å². The molecule has 0 heterocycles. The molecule has 0 aliphatic carbocycles. The van der Waals surface area contributed by atoms with Gasteiger partial charge in [0.2, 0.25) is 0 Å². The van der Waals surface area contributed by atoms with Gasteiger partial charge in [-0.1, -0.05) is 81.4 Å². The van der Waals surface area contributed by atoms with Crippen molar-refractivity contribution in [3.63, 3.8) is 0 Å². The van der Waals surface area contributed by atoms with E-state index < -0.39 is 8.32 Å².